The quantitative estimate of drug-likeness (QED) is 0.760. The average Bonchev–Trinajstić information content (AvgIpc) is 2.85. The first-order chi connectivity index (χ1) is 10.1. The van der Waals surface area contributed by atoms with Crippen molar-refractivity contribution in [1.29, 1.82) is 0 Å². The maximum atomic E-state index is 11.5. The van der Waals surface area contributed by atoms with Crippen molar-refractivity contribution in [1.82, 2.24) is 0 Å². The molecule has 2 aromatic carbocycles. The van der Waals surface area contributed by atoms with E-state index < -0.39 is 0 Å². The first kappa shape index (κ1) is 14.4. The molecule has 0 saturated carbocycles. The van der Waals surface area contributed by atoms with E-state index in [0.29, 0.717) is 16.6 Å². The standard InChI is InChI=1S/C17H15Cl2NO/c1-11(21)12-5-6-17-13(9-12)7-8-20(17)10-14-15(18)3-2-4-16(14)19/h2-6,9H,7-8,10H2,1H3. The van der Waals surface area contributed by atoms with Crippen LogP contribution in [0.4, 0.5) is 5.69 Å². The Morgan fingerprint density at radius 3 is 2.57 bits per heavy atom. The van der Waals surface area contributed by atoms with Gasteiger partial charge >= 0.3 is 0 Å². The van der Waals surface area contributed by atoms with Gasteiger partial charge in [0.05, 0.1) is 0 Å². The van der Waals surface area contributed by atoms with E-state index in [4.69, 9.17) is 23.2 Å². The Morgan fingerprint density at radius 2 is 1.90 bits per heavy atom. The largest absolute Gasteiger partial charge is 0.367 e. The molecule has 108 valence electrons. The minimum atomic E-state index is 0.102. The fraction of sp³-hybridized carbons (Fsp3) is 0.235. The third-order valence-corrected chi connectivity index (χ3v) is 4.60. The number of halogens is 2. The predicted molar refractivity (Wildman–Crippen MR) is 87.7 cm³/mol. The second-order valence-corrected chi connectivity index (χ2v) is 6.09. The van der Waals surface area contributed by atoms with E-state index >= 15 is 0 Å². The Kier molecular flexibility index (Phi) is 3.92. The molecule has 0 radical (unpaired) electrons. The van der Waals surface area contributed by atoms with Crippen LogP contribution in [0.3, 0.4) is 0 Å². The number of hydrogen-bond acceptors (Lipinski definition) is 2. The molecule has 3 rings (SSSR count). The maximum absolute atomic E-state index is 11.5. The van der Waals surface area contributed by atoms with Crippen LogP contribution >= 0.6 is 23.2 Å². The number of carbonyl (C=O) groups is 1. The summed E-state index contributed by atoms with van der Waals surface area (Å²) in [6, 6.07) is 11.5. The molecule has 0 unspecified atom stereocenters. The molecule has 1 heterocycles. The van der Waals surface area contributed by atoms with Gasteiger partial charge < -0.3 is 4.90 Å². The molecule has 2 aromatic rings. The van der Waals surface area contributed by atoms with Gasteiger partial charge in [0.15, 0.2) is 5.78 Å². The molecule has 0 fully saturated rings. The zero-order valence-corrected chi connectivity index (χ0v) is 13.2. The third-order valence-electron chi connectivity index (χ3n) is 3.89. The molecule has 21 heavy (non-hydrogen) atoms. The monoisotopic (exact) mass is 319 g/mol. The summed E-state index contributed by atoms with van der Waals surface area (Å²) in [5.41, 5.74) is 4.09. The van der Waals surface area contributed by atoms with Crippen molar-refractivity contribution >= 4 is 34.7 Å². The van der Waals surface area contributed by atoms with Crippen molar-refractivity contribution in [3.8, 4) is 0 Å². The number of rotatable bonds is 3. The molecule has 0 aliphatic carbocycles. The van der Waals surface area contributed by atoms with E-state index in [1.165, 1.54) is 5.56 Å². The number of ketones is 1. The third kappa shape index (κ3) is 2.78. The molecule has 0 N–H and O–H groups in total. The van der Waals surface area contributed by atoms with Crippen molar-refractivity contribution in [3.05, 3.63) is 63.1 Å². The number of fused-ring (bicyclic) bond motifs is 1. The number of nitrogens with zero attached hydrogens (tertiary/aromatic N) is 1. The summed E-state index contributed by atoms with van der Waals surface area (Å²) in [6.45, 7) is 3.20. The Balaban J connectivity index is 1.90. The lowest BCUT2D eigenvalue weighted by Crippen LogP contribution is -2.20. The van der Waals surface area contributed by atoms with E-state index in [2.05, 4.69) is 4.90 Å². The summed E-state index contributed by atoms with van der Waals surface area (Å²) in [5.74, 6) is 0.102. The molecule has 1 aliphatic rings. The molecule has 1 aliphatic heterocycles. The molecule has 2 nitrogen and oxygen atoms in total. The van der Waals surface area contributed by atoms with Crippen LogP contribution in [0.2, 0.25) is 10.0 Å². The highest BCUT2D eigenvalue weighted by atomic mass is 35.5. The van der Waals surface area contributed by atoms with Gasteiger partial charge in [-0.2, -0.15) is 0 Å². The van der Waals surface area contributed by atoms with Gasteiger partial charge in [0.25, 0.3) is 0 Å². The SMILES string of the molecule is CC(=O)c1ccc2c(c1)CCN2Cc1c(Cl)cccc1Cl. The summed E-state index contributed by atoms with van der Waals surface area (Å²) >= 11 is 12.5. The van der Waals surface area contributed by atoms with E-state index in [0.717, 1.165) is 29.8 Å². The van der Waals surface area contributed by atoms with Gasteiger partial charge in [0.1, 0.15) is 0 Å². The fourth-order valence-electron chi connectivity index (χ4n) is 2.73. The Morgan fingerprint density at radius 1 is 1.19 bits per heavy atom. The van der Waals surface area contributed by atoms with Gasteiger partial charge in [-0.15, -0.1) is 0 Å². The summed E-state index contributed by atoms with van der Waals surface area (Å²) < 4.78 is 0. The van der Waals surface area contributed by atoms with Crippen molar-refractivity contribution in [2.45, 2.75) is 19.9 Å². The van der Waals surface area contributed by atoms with E-state index in [1.807, 2.05) is 36.4 Å². The minimum absolute atomic E-state index is 0.102. The number of hydrogen-bond donors (Lipinski definition) is 0. The van der Waals surface area contributed by atoms with Crippen molar-refractivity contribution in [2.24, 2.45) is 0 Å². The predicted octanol–water partition coefficient (Wildman–Crippen LogP) is 4.76. The Bertz CT molecular complexity index is 692. The smallest absolute Gasteiger partial charge is 0.159 e. The van der Waals surface area contributed by atoms with Crippen LogP contribution in [0.15, 0.2) is 36.4 Å². The van der Waals surface area contributed by atoms with Crippen LogP contribution in [0, 0.1) is 0 Å². The summed E-state index contributed by atoms with van der Waals surface area (Å²) in [5, 5.41) is 1.38. The Hall–Kier alpha value is -1.51. The lowest BCUT2D eigenvalue weighted by molar-refractivity contribution is 0.101. The zero-order valence-electron chi connectivity index (χ0n) is 11.7. The summed E-state index contributed by atoms with van der Waals surface area (Å²) in [4.78, 5) is 13.7. The maximum Gasteiger partial charge on any atom is 0.159 e. The van der Waals surface area contributed by atoms with Gasteiger partial charge in [-0.05, 0) is 49.2 Å². The van der Waals surface area contributed by atoms with E-state index in [-0.39, 0.29) is 5.78 Å². The van der Waals surface area contributed by atoms with Crippen molar-refractivity contribution in [2.75, 3.05) is 11.4 Å². The van der Waals surface area contributed by atoms with Gasteiger partial charge in [0, 0.05) is 39.9 Å². The van der Waals surface area contributed by atoms with Gasteiger partial charge in [0.2, 0.25) is 0 Å². The molecular weight excluding hydrogens is 305 g/mol. The average molecular weight is 320 g/mol. The van der Waals surface area contributed by atoms with E-state index in [9.17, 15) is 4.79 Å². The molecule has 4 heteroatoms. The highest BCUT2D eigenvalue weighted by Crippen LogP contribution is 2.33. The molecule has 0 aromatic heterocycles. The zero-order chi connectivity index (χ0) is 15.0. The summed E-state index contributed by atoms with van der Waals surface area (Å²) in [6.07, 6.45) is 0.943. The van der Waals surface area contributed by atoms with Gasteiger partial charge in [-0.3, -0.25) is 4.79 Å². The normalized spacial score (nSPS) is 13.4. The number of anilines is 1. The van der Waals surface area contributed by atoms with Crippen LogP contribution in [0.1, 0.15) is 28.4 Å². The number of Topliss-reactive ketones (excluding diaryl/α,β-unsaturated/α-hetero) is 1. The second kappa shape index (κ2) is 5.70. The van der Waals surface area contributed by atoms with Crippen molar-refractivity contribution < 1.29 is 4.79 Å². The first-order valence-corrected chi connectivity index (χ1v) is 7.63. The van der Waals surface area contributed by atoms with Crippen molar-refractivity contribution in [3.63, 3.8) is 0 Å². The van der Waals surface area contributed by atoms with Gasteiger partial charge in [-0.1, -0.05) is 29.3 Å². The van der Waals surface area contributed by atoms with Crippen LogP contribution < -0.4 is 4.90 Å². The summed E-state index contributed by atoms with van der Waals surface area (Å²) in [7, 11) is 0. The molecule has 0 amide bonds. The molecule has 0 saturated heterocycles. The number of benzene rings is 2. The van der Waals surface area contributed by atoms with E-state index in [1.54, 1.807) is 6.92 Å². The first-order valence-electron chi connectivity index (χ1n) is 6.88. The topological polar surface area (TPSA) is 20.3 Å². The lowest BCUT2D eigenvalue weighted by Gasteiger charge is -2.21. The van der Waals surface area contributed by atoms with Crippen LogP contribution in [-0.2, 0) is 13.0 Å². The minimum Gasteiger partial charge on any atom is -0.367 e. The highest BCUT2D eigenvalue weighted by Gasteiger charge is 2.21. The van der Waals surface area contributed by atoms with Crippen LogP contribution in [-0.4, -0.2) is 12.3 Å². The van der Waals surface area contributed by atoms with Gasteiger partial charge in [-0.25, -0.2) is 0 Å². The van der Waals surface area contributed by atoms with Crippen LogP contribution in [0.5, 0.6) is 0 Å². The Labute approximate surface area is 134 Å². The van der Waals surface area contributed by atoms with Crippen LogP contribution in [0.25, 0.3) is 0 Å². The highest BCUT2D eigenvalue weighted by molar-refractivity contribution is 6.36. The second-order valence-electron chi connectivity index (χ2n) is 5.27. The molecule has 0 atom stereocenters. The number of carbonyl (C=O) groups excluding carboxylic acids is 1. The lowest BCUT2D eigenvalue weighted by atomic mass is 10.1. The fourth-order valence-corrected chi connectivity index (χ4v) is 3.24. The molecule has 0 spiro atoms. The molecular formula is C17H15Cl2NO. The molecule has 0 bridgehead atoms.